The molecule has 3 rings (SSSR count). The molecule has 2 aromatic rings. The average Bonchev–Trinajstić information content (AvgIpc) is 2.61. The average molecular weight is 353 g/mol. The van der Waals surface area contributed by atoms with Crippen molar-refractivity contribution in [2.45, 2.75) is 39.1 Å². The van der Waals surface area contributed by atoms with Crippen molar-refractivity contribution in [3.05, 3.63) is 65.0 Å². The zero-order valence-electron chi connectivity index (χ0n) is 15.2. The topological polar surface area (TPSA) is 48.3 Å². The van der Waals surface area contributed by atoms with E-state index in [1.165, 1.54) is 0 Å². The van der Waals surface area contributed by atoms with Gasteiger partial charge in [0.05, 0.1) is 29.5 Å². The zero-order chi connectivity index (χ0) is 18.5. The van der Waals surface area contributed by atoms with Gasteiger partial charge in [-0.3, -0.25) is 0 Å². The van der Waals surface area contributed by atoms with Crippen LogP contribution >= 0.6 is 0 Å². The van der Waals surface area contributed by atoms with E-state index in [0.717, 1.165) is 11.1 Å². The lowest BCUT2D eigenvalue weighted by Gasteiger charge is -2.37. The first kappa shape index (κ1) is 18.4. The Balaban J connectivity index is 1.58. The number of nitrogens with zero attached hydrogens (tertiary/aromatic N) is 2. The Kier molecular flexibility index (Phi) is 5.87. The smallest absolute Gasteiger partial charge is 0.146 e. The fraction of sp³-hybridized carbons (Fsp3) is 0.381. The highest BCUT2D eigenvalue weighted by Crippen LogP contribution is 2.24. The van der Waals surface area contributed by atoms with Crippen molar-refractivity contribution in [2.75, 3.05) is 18.0 Å². The lowest BCUT2D eigenvalue weighted by molar-refractivity contribution is -0.00539. The van der Waals surface area contributed by atoms with Gasteiger partial charge in [-0.05, 0) is 49.2 Å². The molecule has 1 heterocycles. The van der Waals surface area contributed by atoms with Crippen molar-refractivity contribution in [1.82, 2.24) is 5.32 Å². The summed E-state index contributed by atoms with van der Waals surface area (Å²) in [5.41, 5.74) is 3.30. The molecular formula is C21H24FN3O. The summed E-state index contributed by atoms with van der Waals surface area (Å²) in [7, 11) is 0. The summed E-state index contributed by atoms with van der Waals surface area (Å²) in [6.07, 6.45) is 0.207. The maximum atomic E-state index is 14.6. The zero-order valence-corrected chi connectivity index (χ0v) is 15.2. The maximum Gasteiger partial charge on any atom is 0.146 e. The molecule has 2 unspecified atom stereocenters. The standard InChI is InChI=1S/C21H24FN3O/c1-15-13-25(14-16(2)26-15)21-8-7-19(9-20(21)22)12-24-11-18-5-3-17(10-23)4-6-18/h3-9,15-16,24H,11-14H2,1-2H3. The molecule has 0 aliphatic carbocycles. The van der Waals surface area contributed by atoms with E-state index in [-0.39, 0.29) is 18.0 Å². The summed E-state index contributed by atoms with van der Waals surface area (Å²) in [4.78, 5) is 2.06. The minimum atomic E-state index is -0.191. The molecule has 0 saturated carbocycles. The minimum absolute atomic E-state index is 0.104. The predicted molar refractivity (Wildman–Crippen MR) is 100 cm³/mol. The normalized spacial score (nSPS) is 20.0. The van der Waals surface area contributed by atoms with E-state index in [0.29, 0.717) is 37.4 Å². The Morgan fingerprint density at radius 2 is 1.69 bits per heavy atom. The Morgan fingerprint density at radius 1 is 1.08 bits per heavy atom. The molecule has 1 aliphatic rings. The van der Waals surface area contributed by atoms with E-state index in [4.69, 9.17) is 10.00 Å². The quantitative estimate of drug-likeness (QED) is 0.892. The Bertz CT molecular complexity index is 775. The van der Waals surface area contributed by atoms with Crippen molar-refractivity contribution in [3.63, 3.8) is 0 Å². The van der Waals surface area contributed by atoms with Gasteiger partial charge < -0.3 is 15.0 Å². The third-order valence-corrected chi connectivity index (χ3v) is 4.51. The number of hydrogen-bond acceptors (Lipinski definition) is 4. The van der Waals surface area contributed by atoms with Crippen LogP contribution in [0.4, 0.5) is 10.1 Å². The summed E-state index contributed by atoms with van der Waals surface area (Å²) in [6, 6.07) is 15.0. The number of morpholine rings is 1. The highest BCUT2D eigenvalue weighted by Gasteiger charge is 2.24. The molecule has 5 heteroatoms. The van der Waals surface area contributed by atoms with E-state index < -0.39 is 0 Å². The van der Waals surface area contributed by atoms with E-state index in [9.17, 15) is 4.39 Å². The number of nitrogens with one attached hydrogen (secondary N) is 1. The van der Waals surface area contributed by atoms with Gasteiger partial charge in [-0.1, -0.05) is 18.2 Å². The molecule has 1 saturated heterocycles. The Morgan fingerprint density at radius 3 is 2.31 bits per heavy atom. The number of ether oxygens (including phenoxy) is 1. The van der Waals surface area contributed by atoms with Gasteiger partial charge in [0.25, 0.3) is 0 Å². The second kappa shape index (κ2) is 8.31. The van der Waals surface area contributed by atoms with Crippen molar-refractivity contribution < 1.29 is 9.13 Å². The van der Waals surface area contributed by atoms with Crippen LogP contribution in [0.2, 0.25) is 0 Å². The van der Waals surface area contributed by atoms with E-state index >= 15 is 0 Å². The molecule has 0 aromatic heterocycles. The van der Waals surface area contributed by atoms with Crippen molar-refractivity contribution >= 4 is 5.69 Å². The molecule has 0 radical (unpaired) electrons. The van der Waals surface area contributed by atoms with Gasteiger partial charge >= 0.3 is 0 Å². The summed E-state index contributed by atoms with van der Waals surface area (Å²) >= 11 is 0. The number of nitriles is 1. The van der Waals surface area contributed by atoms with Gasteiger partial charge in [0, 0.05) is 26.2 Å². The maximum absolute atomic E-state index is 14.6. The van der Waals surface area contributed by atoms with Crippen LogP contribution in [0.25, 0.3) is 0 Å². The lowest BCUT2D eigenvalue weighted by atomic mass is 10.1. The molecule has 136 valence electrons. The monoisotopic (exact) mass is 353 g/mol. The van der Waals surface area contributed by atoms with Gasteiger partial charge in [-0.25, -0.2) is 4.39 Å². The first-order valence-corrected chi connectivity index (χ1v) is 8.93. The minimum Gasteiger partial charge on any atom is -0.372 e. The predicted octanol–water partition coefficient (Wildman–Crippen LogP) is 3.60. The van der Waals surface area contributed by atoms with Crippen LogP contribution < -0.4 is 10.2 Å². The van der Waals surface area contributed by atoms with E-state index in [2.05, 4.69) is 16.3 Å². The molecule has 2 atom stereocenters. The van der Waals surface area contributed by atoms with Crippen LogP contribution in [-0.2, 0) is 17.8 Å². The van der Waals surface area contributed by atoms with Crippen molar-refractivity contribution in [2.24, 2.45) is 0 Å². The van der Waals surface area contributed by atoms with Gasteiger partial charge in [-0.15, -0.1) is 0 Å². The van der Waals surface area contributed by atoms with Gasteiger partial charge in [-0.2, -0.15) is 5.26 Å². The third kappa shape index (κ3) is 4.60. The molecule has 1 aliphatic heterocycles. The Labute approximate surface area is 154 Å². The summed E-state index contributed by atoms with van der Waals surface area (Å²) in [6.45, 7) is 6.71. The van der Waals surface area contributed by atoms with Crippen LogP contribution in [0, 0.1) is 17.1 Å². The number of rotatable bonds is 5. The van der Waals surface area contributed by atoms with Crippen molar-refractivity contribution in [3.8, 4) is 6.07 Å². The SMILES string of the molecule is CC1CN(c2ccc(CNCc3ccc(C#N)cc3)cc2F)CC(C)O1. The molecule has 0 spiro atoms. The van der Waals surface area contributed by atoms with Gasteiger partial charge in [0.15, 0.2) is 0 Å². The van der Waals surface area contributed by atoms with E-state index in [1.54, 1.807) is 18.2 Å². The van der Waals surface area contributed by atoms with Crippen LogP contribution in [0.3, 0.4) is 0 Å². The molecule has 2 aromatic carbocycles. The summed E-state index contributed by atoms with van der Waals surface area (Å²) in [5.74, 6) is -0.191. The van der Waals surface area contributed by atoms with Crippen LogP contribution in [0.15, 0.2) is 42.5 Å². The van der Waals surface area contributed by atoms with Crippen LogP contribution in [0.1, 0.15) is 30.5 Å². The molecule has 0 bridgehead atoms. The number of halogens is 1. The van der Waals surface area contributed by atoms with Crippen LogP contribution in [0.5, 0.6) is 0 Å². The summed E-state index contributed by atoms with van der Waals surface area (Å²) in [5, 5.41) is 12.1. The first-order valence-electron chi connectivity index (χ1n) is 8.93. The van der Waals surface area contributed by atoms with Crippen molar-refractivity contribution in [1.29, 1.82) is 5.26 Å². The fourth-order valence-electron chi connectivity index (χ4n) is 3.34. The molecule has 4 nitrogen and oxygen atoms in total. The number of benzene rings is 2. The molecule has 26 heavy (non-hydrogen) atoms. The highest BCUT2D eigenvalue weighted by molar-refractivity contribution is 5.50. The molecule has 1 fully saturated rings. The fourth-order valence-corrected chi connectivity index (χ4v) is 3.34. The Hall–Kier alpha value is -2.42. The molecular weight excluding hydrogens is 329 g/mol. The number of hydrogen-bond donors (Lipinski definition) is 1. The lowest BCUT2D eigenvalue weighted by Crippen LogP contribution is -2.45. The van der Waals surface area contributed by atoms with Gasteiger partial charge in [0.1, 0.15) is 5.82 Å². The van der Waals surface area contributed by atoms with Gasteiger partial charge in [0.2, 0.25) is 0 Å². The second-order valence-electron chi connectivity index (χ2n) is 6.86. The molecule has 0 amide bonds. The number of anilines is 1. The highest BCUT2D eigenvalue weighted by atomic mass is 19.1. The largest absolute Gasteiger partial charge is 0.372 e. The van der Waals surface area contributed by atoms with E-state index in [1.807, 2.05) is 38.1 Å². The third-order valence-electron chi connectivity index (χ3n) is 4.51. The van der Waals surface area contributed by atoms with Crippen LogP contribution in [-0.4, -0.2) is 25.3 Å². The first-order chi connectivity index (χ1) is 12.5. The summed E-state index contributed by atoms with van der Waals surface area (Å²) < 4.78 is 20.3. The molecule has 1 N–H and O–H groups in total. The second-order valence-corrected chi connectivity index (χ2v) is 6.86.